The zero-order valence-electron chi connectivity index (χ0n) is 16.6. The molecular weight excluding hydrogens is 350 g/mol. The molecule has 0 unspecified atom stereocenters. The van der Waals surface area contributed by atoms with Gasteiger partial charge in [-0.1, -0.05) is 49.0 Å². The van der Waals surface area contributed by atoms with Crippen LogP contribution in [0.3, 0.4) is 0 Å². The minimum absolute atomic E-state index is 0.0347. The highest BCUT2D eigenvalue weighted by molar-refractivity contribution is 5.84. The van der Waals surface area contributed by atoms with E-state index >= 15 is 0 Å². The number of piperazine rings is 1. The number of rotatable bonds is 8. The van der Waals surface area contributed by atoms with Gasteiger partial charge in [-0.05, 0) is 41.8 Å². The third-order valence-corrected chi connectivity index (χ3v) is 5.37. The minimum Gasteiger partial charge on any atom is -0.364 e. The number of nitrogens with zero attached hydrogens (tertiary/aromatic N) is 2. The molecule has 1 N–H and O–H groups in total. The maximum Gasteiger partial charge on any atom is 0.245 e. The third kappa shape index (κ3) is 4.91. The topological polar surface area (TPSA) is 52.6 Å². The summed E-state index contributed by atoms with van der Waals surface area (Å²) in [5.74, 6) is 0.127. The molecule has 3 rings (SSSR count). The van der Waals surface area contributed by atoms with Gasteiger partial charge in [-0.15, -0.1) is 0 Å². The van der Waals surface area contributed by atoms with Gasteiger partial charge in [-0.2, -0.15) is 0 Å². The van der Waals surface area contributed by atoms with Gasteiger partial charge in [0.1, 0.15) is 6.04 Å². The van der Waals surface area contributed by atoms with Crippen LogP contribution >= 0.6 is 0 Å². The summed E-state index contributed by atoms with van der Waals surface area (Å²) in [7, 11) is 0. The second-order valence-electron chi connectivity index (χ2n) is 7.32. The van der Waals surface area contributed by atoms with E-state index in [9.17, 15) is 9.59 Å². The summed E-state index contributed by atoms with van der Waals surface area (Å²) in [4.78, 5) is 28.0. The van der Waals surface area contributed by atoms with Crippen molar-refractivity contribution >= 4 is 22.6 Å². The zero-order chi connectivity index (χ0) is 19.9. The van der Waals surface area contributed by atoms with Gasteiger partial charge in [0.05, 0.1) is 0 Å². The fourth-order valence-electron chi connectivity index (χ4n) is 3.80. The Labute approximate surface area is 167 Å². The zero-order valence-corrected chi connectivity index (χ0v) is 16.6. The van der Waals surface area contributed by atoms with Crippen LogP contribution in [0, 0.1) is 0 Å². The highest BCUT2D eigenvalue weighted by Gasteiger charge is 2.32. The SMILES string of the molecule is C=CN1CCN(CCc2ccc3ccccc3c2)C(=O)[C@@H]1CCCNC(C)=O. The Bertz CT molecular complexity index is 849. The fraction of sp³-hybridized carbons (Fsp3) is 0.391. The van der Waals surface area contributed by atoms with Crippen molar-refractivity contribution in [1.82, 2.24) is 15.1 Å². The van der Waals surface area contributed by atoms with Crippen LogP contribution in [0.4, 0.5) is 0 Å². The molecule has 148 valence electrons. The number of hydrogen-bond donors (Lipinski definition) is 1. The second-order valence-corrected chi connectivity index (χ2v) is 7.32. The molecule has 1 atom stereocenters. The van der Waals surface area contributed by atoms with E-state index in [1.807, 2.05) is 15.9 Å². The standard InChI is InChI=1S/C23H29N3O2/c1-3-25-15-16-26(23(28)22(25)9-6-13-24-18(2)27)14-12-19-10-11-20-7-4-5-8-21(20)17-19/h3-5,7-8,10-11,17,22H,1,6,9,12-16H2,2H3,(H,24,27)/t22-/m0/s1. The molecule has 5 heteroatoms. The molecule has 5 nitrogen and oxygen atoms in total. The van der Waals surface area contributed by atoms with Gasteiger partial charge in [-0.3, -0.25) is 9.59 Å². The predicted molar refractivity (Wildman–Crippen MR) is 113 cm³/mol. The summed E-state index contributed by atoms with van der Waals surface area (Å²) < 4.78 is 0. The summed E-state index contributed by atoms with van der Waals surface area (Å²) >= 11 is 0. The van der Waals surface area contributed by atoms with Gasteiger partial charge in [0.25, 0.3) is 0 Å². The van der Waals surface area contributed by atoms with E-state index in [4.69, 9.17) is 0 Å². The monoisotopic (exact) mass is 379 g/mol. The highest BCUT2D eigenvalue weighted by atomic mass is 16.2. The van der Waals surface area contributed by atoms with E-state index in [0.29, 0.717) is 6.54 Å². The summed E-state index contributed by atoms with van der Waals surface area (Å²) in [5.41, 5.74) is 1.25. The van der Waals surface area contributed by atoms with Gasteiger partial charge in [0.2, 0.25) is 11.8 Å². The normalized spacial score (nSPS) is 17.0. The number of amides is 2. The van der Waals surface area contributed by atoms with Crippen molar-refractivity contribution in [2.24, 2.45) is 0 Å². The van der Waals surface area contributed by atoms with E-state index in [-0.39, 0.29) is 17.9 Å². The largest absolute Gasteiger partial charge is 0.364 e. The molecule has 1 saturated heterocycles. The molecule has 1 fully saturated rings. The maximum atomic E-state index is 13.0. The van der Waals surface area contributed by atoms with Crippen molar-refractivity contribution in [2.75, 3.05) is 26.2 Å². The summed E-state index contributed by atoms with van der Waals surface area (Å²) in [6.07, 6.45) is 4.11. The summed E-state index contributed by atoms with van der Waals surface area (Å²) in [5, 5.41) is 5.27. The van der Waals surface area contributed by atoms with Crippen LogP contribution in [0.25, 0.3) is 10.8 Å². The van der Waals surface area contributed by atoms with Crippen molar-refractivity contribution < 1.29 is 9.59 Å². The first kappa shape index (κ1) is 19.9. The van der Waals surface area contributed by atoms with E-state index in [0.717, 1.165) is 38.9 Å². The maximum absolute atomic E-state index is 13.0. The highest BCUT2D eigenvalue weighted by Crippen LogP contribution is 2.19. The molecule has 2 aromatic carbocycles. The summed E-state index contributed by atoms with van der Waals surface area (Å²) in [6.45, 7) is 8.22. The summed E-state index contributed by atoms with van der Waals surface area (Å²) in [6, 6.07) is 14.7. The molecule has 0 saturated carbocycles. The fourth-order valence-corrected chi connectivity index (χ4v) is 3.80. The van der Waals surface area contributed by atoms with Crippen LogP contribution in [0.2, 0.25) is 0 Å². The van der Waals surface area contributed by atoms with Crippen LogP contribution < -0.4 is 5.32 Å². The molecule has 0 spiro atoms. The first-order chi connectivity index (χ1) is 13.6. The van der Waals surface area contributed by atoms with Crippen molar-refractivity contribution in [3.05, 3.63) is 60.8 Å². The Morgan fingerprint density at radius 2 is 2.00 bits per heavy atom. The quantitative estimate of drug-likeness (QED) is 0.718. The lowest BCUT2D eigenvalue weighted by atomic mass is 10.0. The van der Waals surface area contributed by atoms with Crippen molar-refractivity contribution in [2.45, 2.75) is 32.2 Å². The molecule has 2 aromatic rings. The van der Waals surface area contributed by atoms with Gasteiger partial charge in [0.15, 0.2) is 0 Å². The van der Waals surface area contributed by atoms with Crippen LogP contribution in [-0.4, -0.2) is 53.8 Å². The number of carbonyl (C=O) groups is 2. The Kier molecular flexibility index (Phi) is 6.69. The van der Waals surface area contributed by atoms with Crippen molar-refractivity contribution in [3.63, 3.8) is 0 Å². The molecule has 0 aromatic heterocycles. The van der Waals surface area contributed by atoms with E-state index in [1.54, 1.807) is 6.20 Å². The Morgan fingerprint density at radius 1 is 1.21 bits per heavy atom. The molecule has 0 radical (unpaired) electrons. The molecule has 28 heavy (non-hydrogen) atoms. The van der Waals surface area contributed by atoms with Crippen molar-refractivity contribution in [3.8, 4) is 0 Å². The average molecular weight is 380 g/mol. The first-order valence-corrected chi connectivity index (χ1v) is 9.97. The number of fused-ring (bicyclic) bond motifs is 1. The molecule has 1 heterocycles. The van der Waals surface area contributed by atoms with Gasteiger partial charge >= 0.3 is 0 Å². The van der Waals surface area contributed by atoms with Gasteiger partial charge in [0, 0.05) is 33.1 Å². The van der Waals surface area contributed by atoms with E-state index in [2.05, 4.69) is 48.3 Å². The van der Waals surface area contributed by atoms with Gasteiger partial charge in [-0.25, -0.2) is 0 Å². The van der Waals surface area contributed by atoms with E-state index in [1.165, 1.54) is 23.3 Å². The Morgan fingerprint density at radius 3 is 2.75 bits per heavy atom. The number of nitrogens with one attached hydrogen (secondary N) is 1. The second kappa shape index (κ2) is 9.40. The number of benzene rings is 2. The molecule has 0 aliphatic carbocycles. The minimum atomic E-state index is -0.184. The van der Waals surface area contributed by atoms with E-state index < -0.39 is 0 Å². The first-order valence-electron chi connectivity index (χ1n) is 9.97. The number of carbonyl (C=O) groups excluding carboxylic acids is 2. The molecule has 2 amide bonds. The molecule has 1 aliphatic heterocycles. The Hall–Kier alpha value is -2.82. The number of hydrogen-bond acceptors (Lipinski definition) is 3. The van der Waals surface area contributed by atoms with Crippen LogP contribution in [0.15, 0.2) is 55.2 Å². The lowest BCUT2D eigenvalue weighted by Crippen LogP contribution is -2.55. The lowest BCUT2D eigenvalue weighted by Gasteiger charge is -2.40. The van der Waals surface area contributed by atoms with Crippen molar-refractivity contribution in [1.29, 1.82) is 0 Å². The molecule has 0 bridgehead atoms. The van der Waals surface area contributed by atoms with Crippen LogP contribution in [0.1, 0.15) is 25.3 Å². The van der Waals surface area contributed by atoms with Gasteiger partial charge < -0.3 is 15.1 Å². The molecular formula is C23H29N3O2. The lowest BCUT2D eigenvalue weighted by molar-refractivity contribution is -0.140. The Balaban J connectivity index is 1.58. The van der Waals surface area contributed by atoms with Crippen LogP contribution in [-0.2, 0) is 16.0 Å². The van der Waals surface area contributed by atoms with Crippen LogP contribution in [0.5, 0.6) is 0 Å². The average Bonchev–Trinajstić information content (AvgIpc) is 2.70. The predicted octanol–water partition coefficient (Wildman–Crippen LogP) is 2.95. The molecule has 1 aliphatic rings. The smallest absolute Gasteiger partial charge is 0.245 e. The third-order valence-electron chi connectivity index (χ3n) is 5.37.